The van der Waals surface area contributed by atoms with Gasteiger partial charge in [0.1, 0.15) is 5.82 Å². The van der Waals surface area contributed by atoms with Crippen molar-refractivity contribution in [3.63, 3.8) is 0 Å². The summed E-state index contributed by atoms with van der Waals surface area (Å²) in [4.78, 5) is 14.6. The lowest BCUT2D eigenvalue weighted by Gasteiger charge is -2.36. The number of carbonyl (C=O) groups excluding carboxylic acids is 1. The predicted octanol–water partition coefficient (Wildman–Crippen LogP) is 3.03. The average molecular weight is 341 g/mol. The number of para-hydroxylation sites is 1. The zero-order chi connectivity index (χ0) is 17.8. The third-order valence-electron chi connectivity index (χ3n) is 4.69. The van der Waals surface area contributed by atoms with Crippen LogP contribution in [0.4, 0.5) is 10.1 Å². The van der Waals surface area contributed by atoms with Gasteiger partial charge in [0.25, 0.3) is 0 Å². The quantitative estimate of drug-likeness (QED) is 0.898. The number of hydrogen-bond donors (Lipinski definition) is 2. The molecule has 0 spiro atoms. The van der Waals surface area contributed by atoms with Crippen molar-refractivity contribution >= 4 is 11.6 Å². The molecule has 5 heteroatoms. The van der Waals surface area contributed by atoms with Crippen LogP contribution in [0.2, 0.25) is 0 Å². The number of piperazine rings is 1. The van der Waals surface area contributed by atoms with Crippen LogP contribution < -0.4 is 10.6 Å². The number of anilines is 1. The number of nitrogens with zero attached hydrogens (tertiary/aromatic N) is 1. The summed E-state index contributed by atoms with van der Waals surface area (Å²) in [6.07, 6.45) is 0. The normalized spacial score (nSPS) is 17.4. The van der Waals surface area contributed by atoms with E-state index < -0.39 is 0 Å². The van der Waals surface area contributed by atoms with Crippen molar-refractivity contribution in [2.24, 2.45) is 0 Å². The van der Waals surface area contributed by atoms with Gasteiger partial charge in [0.15, 0.2) is 0 Å². The highest BCUT2D eigenvalue weighted by Gasteiger charge is 2.27. The monoisotopic (exact) mass is 341 g/mol. The Hall–Kier alpha value is -2.40. The second-order valence-electron chi connectivity index (χ2n) is 6.48. The number of benzene rings is 2. The fraction of sp³-hybridized carbons (Fsp3) is 0.350. The van der Waals surface area contributed by atoms with Crippen LogP contribution >= 0.6 is 0 Å². The Morgan fingerprint density at radius 1 is 1.24 bits per heavy atom. The lowest BCUT2D eigenvalue weighted by Crippen LogP contribution is -2.50. The summed E-state index contributed by atoms with van der Waals surface area (Å²) in [6, 6.07) is 12.4. The number of amides is 1. The molecule has 4 nitrogen and oxygen atoms in total. The molecule has 2 aromatic rings. The lowest BCUT2D eigenvalue weighted by molar-refractivity contribution is -0.132. The third-order valence-corrected chi connectivity index (χ3v) is 4.69. The first-order valence-electron chi connectivity index (χ1n) is 8.62. The van der Waals surface area contributed by atoms with Gasteiger partial charge in [-0.2, -0.15) is 0 Å². The summed E-state index contributed by atoms with van der Waals surface area (Å²) in [5, 5.41) is 6.57. The Kier molecular flexibility index (Phi) is 5.34. The summed E-state index contributed by atoms with van der Waals surface area (Å²) >= 11 is 0. The molecule has 1 saturated heterocycles. The minimum Gasteiger partial charge on any atom is -0.376 e. The summed E-state index contributed by atoms with van der Waals surface area (Å²) < 4.78 is 13.6. The number of nitrogens with one attached hydrogen (secondary N) is 2. The van der Waals surface area contributed by atoms with Crippen molar-refractivity contribution in [1.29, 1.82) is 0 Å². The van der Waals surface area contributed by atoms with Crippen molar-refractivity contribution in [1.82, 2.24) is 10.2 Å². The Morgan fingerprint density at radius 2 is 1.96 bits per heavy atom. The van der Waals surface area contributed by atoms with Gasteiger partial charge in [0.05, 0.1) is 12.6 Å². The molecule has 0 aliphatic carbocycles. The predicted molar refractivity (Wildman–Crippen MR) is 98.1 cm³/mol. The molecule has 132 valence electrons. The zero-order valence-electron chi connectivity index (χ0n) is 14.7. The third kappa shape index (κ3) is 3.99. The van der Waals surface area contributed by atoms with E-state index in [0.717, 1.165) is 28.9 Å². The molecule has 1 amide bonds. The Morgan fingerprint density at radius 3 is 2.68 bits per heavy atom. The van der Waals surface area contributed by atoms with Gasteiger partial charge in [-0.1, -0.05) is 30.3 Å². The second kappa shape index (κ2) is 7.66. The van der Waals surface area contributed by atoms with E-state index in [2.05, 4.69) is 10.6 Å². The fourth-order valence-corrected chi connectivity index (χ4v) is 3.37. The summed E-state index contributed by atoms with van der Waals surface area (Å²) in [7, 11) is 0. The van der Waals surface area contributed by atoms with Gasteiger partial charge in [0, 0.05) is 25.3 Å². The highest BCUT2D eigenvalue weighted by Crippen LogP contribution is 2.24. The topological polar surface area (TPSA) is 44.4 Å². The number of rotatable bonds is 4. The summed E-state index contributed by atoms with van der Waals surface area (Å²) in [6.45, 7) is 6.30. The highest BCUT2D eigenvalue weighted by molar-refractivity contribution is 5.82. The smallest absolute Gasteiger partial charge is 0.242 e. The molecule has 0 saturated carbocycles. The Labute approximate surface area is 148 Å². The van der Waals surface area contributed by atoms with Crippen LogP contribution in [0.1, 0.15) is 22.7 Å². The fourth-order valence-electron chi connectivity index (χ4n) is 3.37. The first-order chi connectivity index (χ1) is 12.1. The first kappa shape index (κ1) is 17.4. The molecular formula is C20H24FN3O. The van der Waals surface area contributed by atoms with E-state index in [0.29, 0.717) is 13.1 Å². The molecule has 2 aromatic carbocycles. The van der Waals surface area contributed by atoms with Crippen LogP contribution in [0, 0.1) is 19.7 Å². The van der Waals surface area contributed by atoms with Gasteiger partial charge in [-0.15, -0.1) is 0 Å². The SMILES string of the molecule is Cc1cccc(C)c1NCC(=O)N1CCNCC1c1cccc(F)c1. The van der Waals surface area contributed by atoms with Crippen LogP contribution in [0.3, 0.4) is 0 Å². The van der Waals surface area contributed by atoms with Crippen molar-refractivity contribution < 1.29 is 9.18 Å². The van der Waals surface area contributed by atoms with E-state index in [1.807, 2.05) is 43.0 Å². The summed E-state index contributed by atoms with van der Waals surface area (Å²) in [5.41, 5.74) is 4.07. The van der Waals surface area contributed by atoms with Crippen molar-refractivity contribution in [3.8, 4) is 0 Å². The van der Waals surface area contributed by atoms with E-state index >= 15 is 0 Å². The Bertz CT molecular complexity index is 742. The van der Waals surface area contributed by atoms with Crippen LogP contribution in [0.15, 0.2) is 42.5 Å². The molecule has 1 aliphatic heterocycles. The molecule has 0 bridgehead atoms. The second-order valence-corrected chi connectivity index (χ2v) is 6.48. The summed E-state index contributed by atoms with van der Waals surface area (Å²) in [5.74, 6) is -0.248. The molecular weight excluding hydrogens is 317 g/mol. The molecule has 1 heterocycles. The molecule has 0 aromatic heterocycles. The minimum absolute atomic E-state index is 0.0263. The zero-order valence-corrected chi connectivity index (χ0v) is 14.7. The van der Waals surface area contributed by atoms with Gasteiger partial charge >= 0.3 is 0 Å². The molecule has 1 fully saturated rings. The number of carbonyl (C=O) groups is 1. The maximum Gasteiger partial charge on any atom is 0.242 e. The van der Waals surface area contributed by atoms with E-state index in [4.69, 9.17) is 0 Å². The van der Waals surface area contributed by atoms with E-state index in [9.17, 15) is 9.18 Å². The van der Waals surface area contributed by atoms with Crippen molar-refractivity contribution in [3.05, 3.63) is 65.0 Å². The van der Waals surface area contributed by atoms with Gasteiger partial charge in [-0.3, -0.25) is 4.79 Å². The number of halogens is 1. The van der Waals surface area contributed by atoms with Crippen LogP contribution in [-0.4, -0.2) is 37.0 Å². The molecule has 1 aliphatic rings. The van der Waals surface area contributed by atoms with Crippen LogP contribution in [0.25, 0.3) is 0 Å². The molecule has 0 radical (unpaired) electrons. The number of aryl methyl sites for hydroxylation is 2. The van der Waals surface area contributed by atoms with Crippen molar-refractivity contribution in [2.75, 3.05) is 31.5 Å². The van der Waals surface area contributed by atoms with Crippen molar-refractivity contribution in [2.45, 2.75) is 19.9 Å². The maximum absolute atomic E-state index is 13.6. The average Bonchev–Trinajstić information content (AvgIpc) is 2.61. The maximum atomic E-state index is 13.6. The number of hydrogen-bond acceptors (Lipinski definition) is 3. The molecule has 25 heavy (non-hydrogen) atoms. The molecule has 1 atom stereocenters. The largest absolute Gasteiger partial charge is 0.376 e. The van der Waals surface area contributed by atoms with E-state index in [1.54, 1.807) is 6.07 Å². The minimum atomic E-state index is -0.274. The van der Waals surface area contributed by atoms with Gasteiger partial charge in [-0.25, -0.2) is 4.39 Å². The van der Waals surface area contributed by atoms with Crippen LogP contribution in [0.5, 0.6) is 0 Å². The highest BCUT2D eigenvalue weighted by atomic mass is 19.1. The van der Waals surface area contributed by atoms with Gasteiger partial charge < -0.3 is 15.5 Å². The first-order valence-corrected chi connectivity index (χ1v) is 8.62. The lowest BCUT2D eigenvalue weighted by atomic mass is 10.0. The van der Waals surface area contributed by atoms with Gasteiger partial charge in [0.2, 0.25) is 5.91 Å². The molecule has 1 unspecified atom stereocenters. The van der Waals surface area contributed by atoms with Crippen LogP contribution in [-0.2, 0) is 4.79 Å². The molecule has 2 N–H and O–H groups in total. The van der Waals surface area contributed by atoms with E-state index in [1.165, 1.54) is 12.1 Å². The van der Waals surface area contributed by atoms with Gasteiger partial charge in [-0.05, 0) is 42.7 Å². The molecule has 3 rings (SSSR count). The Balaban J connectivity index is 1.73. The van der Waals surface area contributed by atoms with E-state index in [-0.39, 0.29) is 24.3 Å². The standard InChI is InChI=1S/C20H24FN3O/c1-14-5-3-6-15(2)20(14)23-13-19(25)24-10-9-22-12-18(24)16-7-4-8-17(21)11-16/h3-8,11,18,22-23H,9-10,12-13H2,1-2H3.